The van der Waals surface area contributed by atoms with Gasteiger partial charge in [0.2, 0.25) is 10.0 Å². The average Bonchev–Trinajstić information content (AvgIpc) is 3.33. The van der Waals surface area contributed by atoms with Gasteiger partial charge in [-0.15, -0.1) is 0 Å². The van der Waals surface area contributed by atoms with E-state index >= 15 is 0 Å². The molecule has 0 aromatic heterocycles. The van der Waals surface area contributed by atoms with Crippen molar-refractivity contribution in [3.05, 3.63) is 59.2 Å². The van der Waals surface area contributed by atoms with Crippen molar-refractivity contribution >= 4 is 21.8 Å². The Morgan fingerprint density at radius 3 is 2.18 bits per heavy atom. The first-order valence-corrected chi connectivity index (χ1v) is 12.5. The van der Waals surface area contributed by atoms with Crippen LogP contribution < -0.4 is 15.6 Å². The van der Waals surface area contributed by atoms with Crippen molar-refractivity contribution in [3.8, 4) is 5.75 Å². The smallest absolute Gasteiger partial charge is 0.279 e. The maximum Gasteiger partial charge on any atom is 0.279 e. The van der Waals surface area contributed by atoms with E-state index in [4.69, 9.17) is 4.74 Å². The number of carbonyl (C=O) groups is 2. The quantitative estimate of drug-likeness (QED) is 0.601. The lowest BCUT2D eigenvalue weighted by Gasteiger charge is -2.17. The van der Waals surface area contributed by atoms with Crippen LogP contribution in [-0.4, -0.2) is 43.7 Å². The molecule has 0 aliphatic carbocycles. The van der Waals surface area contributed by atoms with Crippen LogP contribution in [-0.2, 0) is 14.8 Å². The number of aryl methyl sites for hydroxylation is 1. The fraction of sp³-hybridized carbons (Fsp3) is 0.417. The molecule has 33 heavy (non-hydrogen) atoms. The summed E-state index contributed by atoms with van der Waals surface area (Å²) in [4.78, 5) is 24.9. The third-order valence-electron chi connectivity index (χ3n) is 5.66. The van der Waals surface area contributed by atoms with Crippen molar-refractivity contribution in [2.75, 3.05) is 13.1 Å². The number of nitrogens with zero attached hydrogens (tertiary/aromatic N) is 1. The number of carbonyl (C=O) groups excluding carboxylic acids is 2. The Labute approximate surface area is 195 Å². The van der Waals surface area contributed by atoms with Crippen LogP contribution in [0.2, 0.25) is 0 Å². The first-order valence-electron chi connectivity index (χ1n) is 11.1. The number of hydrogen-bond donors (Lipinski definition) is 2. The summed E-state index contributed by atoms with van der Waals surface area (Å²) in [5.74, 6) is -0.106. The molecule has 2 aromatic rings. The number of amides is 2. The summed E-state index contributed by atoms with van der Waals surface area (Å²) >= 11 is 0. The Hall–Kier alpha value is -2.91. The molecule has 0 saturated carbocycles. The van der Waals surface area contributed by atoms with Gasteiger partial charge in [-0.25, -0.2) is 8.42 Å². The van der Waals surface area contributed by atoms with Crippen LogP contribution in [0.25, 0.3) is 0 Å². The molecule has 1 aliphatic heterocycles. The summed E-state index contributed by atoms with van der Waals surface area (Å²) in [5, 5.41) is 0. The van der Waals surface area contributed by atoms with E-state index < -0.39 is 27.9 Å². The zero-order valence-corrected chi connectivity index (χ0v) is 20.2. The minimum absolute atomic E-state index is 0.144. The summed E-state index contributed by atoms with van der Waals surface area (Å²) in [6.07, 6.45) is 0.872. The Kier molecular flexibility index (Phi) is 7.76. The molecule has 0 bridgehead atoms. The fourth-order valence-corrected chi connectivity index (χ4v) is 5.29. The number of hydrogen-bond acceptors (Lipinski definition) is 5. The summed E-state index contributed by atoms with van der Waals surface area (Å²) in [6.45, 7) is 8.83. The van der Waals surface area contributed by atoms with Gasteiger partial charge in [0.1, 0.15) is 5.75 Å². The monoisotopic (exact) mass is 473 g/mol. The van der Waals surface area contributed by atoms with Crippen LogP contribution in [0.3, 0.4) is 0 Å². The van der Waals surface area contributed by atoms with Gasteiger partial charge < -0.3 is 4.74 Å². The molecular weight excluding hydrogens is 442 g/mol. The van der Waals surface area contributed by atoms with Crippen LogP contribution in [0.1, 0.15) is 61.0 Å². The van der Waals surface area contributed by atoms with Gasteiger partial charge in [0.25, 0.3) is 11.8 Å². The molecule has 3 rings (SSSR count). The molecule has 2 aromatic carbocycles. The molecule has 0 radical (unpaired) electrons. The summed E-state index contributed by atoms with van der Waals surface area (Å²) < 4.78 is 32.3. The van der Waals surface area contributed by atoms with Gasteiger partial charge in [-0.2, -0.15) is 4.31 Å². The number of ether oxygens (including phenoxy) is 1. The molecule has 1 atom stereocenters. The summed E-state index contributed by atoms with van der Waals surface area (Å²) in [6, 6.07) is 11.3. The molecule has 1 unspecified atom stereocenters. The molecule has 1 heterocycles. The molecule has 178 valence electrons. The number of rotatable bonds is 7. The molecule has 1 aliphatic rings. The minimum atomic E-state index is -3.54. The SMILES string of the molecule is Cc1cc(OC(C)C(=O)NNC(=O)c2ccc(S(=O)(=O)N3CCCC3)cc2)ccc1C(C)C. The van der Waals surface area contributed by atoms with Crippen LogP contribution in [0.5, 0.6) is 5.75 Å². The molecule has 2 amide bonds. The Balaban J connectivity index is 1.54. The van der Waals surface area contributed by atoms with Gasteiger partial charge >= 0.3 is 0 Å². The maximum atomic E-state index is 12.6. The predicted octanol–water partition coefficient (Wildman–Crippen LogP) is 3.13. The second-order valence-corrected chi connectivity index (χ2v) is 10.5. The van der Waals surface area contributed by atoms with E-state index in [1.807, 2.05) is 25.1 Å². The normalized spacial score (nSPS) is 15.3. The Bertz CT molecular complexity index is 1110. The topological polar surface area (TPSA) is 105 Å². The lowest BCUT2D eigenvalue weighted by atomic mass is 9.98. The lowest BCUT2D eigenvalue weighted by molar-refractivity contribution is -0.128. The van der Waals surface area contributed by atoms with Gasteiger partial charge in [0.05, 0.1) is 4.90 Å². The zero-order chi connectivity index (χ0) is 24.2. The van der Waals surface area contributed by atoms with E-state index in [1.54, 1.807) is 6.92 Å². The molecular formula is C24H31N3O5S. The van der Waals surface area contributed by atoms with Crippen molar-refractivity contribution < 1.29 is 22.7 Å². The third-order valence-corrected chi connectivity index (χ3v) is 7.58. The highest BCUT2D eigenvalue weighted by molar-refractivity contribution is 7.89. The van der Waals surface area contributed by atoms with Gasteiger partial charge in [0, 0.05) is 18.7 Å². The highest BCUT2D eigenvalue weighted by Crippen LogP contribution is 2.24. The Morgan fingerprint density at radius 2 is 1.61 bits per heavy atom. The maximum absolute atomic E-state index is 12.6. The summed E-state index contributed by atoms with van der Waals surface area (Å²) in [7, 11) is -3.54. The van der Waals surface area contributed by atoms with Crippen molar-refractivity contribution in [1.29, 1.82) is 0 Å². The molecule has 2 N–H and O–H groups in total. The van der Waals surface area contributed by atoms with Gasteiger partial charge in [0.15, 0.2) is 6.10 Å². The second-order valence-electron chi connectivity index (χ2n) is 8.51. The standard InChI is InChI=1S/C24H31N3O5S/c1-16(2)22-12-9-20(15-17(22)3)32-18(4)23(28)25-26-24(29)19-7-10-21(11-8-19)33(30,31)27-13-5-6-14-27/h7-12,15-16,18H,5-6,13-14H2,1-4H3,(H,25,28)(H,26,29). The van der Waals surface area contributed by atoms with Crippen molar-refractivity contribution in [1.82, 2.24) is 15.2 Å². The van der Waals surface area contributed by atoms with Crippen LogP contribution in [0.15, 0.2) is 47.4 Å². The molecule has 8 nitrogen and oxygen atoms in total. The molecule has 1 fully saturated rings. The second kappa shape index (κ2) is 10.4. The third kappa shape index (κ3) is 5.91. The lowest BCUT2D eigenvalue weighted by Crippen LogP contribution is -2.47. The average molecular weight is 474 g/mol. The van der Waals surface area contributed by atoms with Crippen LogP contribution in [0, 0.1) is 6.92 Å². The van der Waals surface area contributed by atoms with Crippen LogP contribution >= 0.6 is 0 Å². The van der Waals surface area contributed by atoms with E-state index in [1.165, 1.54) is 34.1 Å². The molecule has 9 heteroatoms. The van der Waals surface area contributed by atoms with Crippen molar-refractivity contribution in [2.24, 2.45) is 0 Å². The number of nitrogens with one attached hydrogen (secondary N) is 2. The first-order chi connectivity index (χ1) is 15.6. The number of sulfonamides is 1. The highest BCUT2D eigenvalue weighted by atomic mass is 32.2. The highest BCUT2D eigenvalue weighted by Gasteiger charge is 2.27. The van der Waals surface area contributed by atoms with Gasteiger partial charge in [-0.05, 0) is 80.1 Å². The zero-order valence-electron chi connectivity index (χ0n) is 19.4. The molecule has 1 saturated heterocycles. The van der Waals surface area contributed by atoms with Gasteiger partial charge in [-0.3, -0.25) is 20.4 Å². The van der Waals surface area contributed by atoms with E-state index in [-0.39, 0.29) is 10.5 Å². The minimum Gasteiger partial charge on any atom is -0.481 e. The van der Waals surface area contributed by atoms with E-state index in [0.717, 1.165) is 18.4 Å². The fourth-order valence-electron chi connectivity index (χ4n) is 3.77. The van der Waals surface area contributed by atoms with E-state index in [9.17, 15) is 18.0 Å². The molecule has 0 spiro atoms. The number of hydrazine groups is 1. The van der Waals surface area contributed by atoms with E-state index in [0.29, 0.717) is 24.8 Å². The van der Waals surface area contributed by atoms with Gasteiger partial charge in [-0.1, -0.05) is 19.9 Å². The van der Waals surface area contributed by atoms with Crippen LogP contribution in [0.4, 0.5) is 0 Å². The van der Waals surface area contributed by atoms with Crippen molar-refractivity contribution in [2.45, 2.75) is 57.5 Å². The van der Waals surface area contributed by atoms with Crippen molar-refractivity contribution in [3.63, 3.8) is 0 Å². The number of benzene rings is 2. The Morgan fingerprint density at radius 1 is 0.970 bits per heavy atom. The first kappa shape index (κ1) is 24.7. The van der Waals surface area contributed by atoms with E-state index in [2.05, 4.69) is 24.7 Å². The predicted molar refractivity (Wildman–Crippen MR) is 125 cm³/mol. The summed E-state index contributed by atoms with van der Waals surface area (Å²) in [5.41, 5.74) is 7.20. The largest absolute Gasteiger partial charge is 0.481 e.